The van der Waals surface area contributed by atoms with Crippen molar-refractivity contribution in [2.45, 2.75) is 6.42 Å². The van der Waals surface area contributed by atoms with Crippen LogP contribution in [0.3, 0.4) is 0 Å². The third kappa shape index (κ3) is 4.51. The zero-order chi connectivity index (χ0) is 14.2. The van der Waals surface area contributed by atoms with Crippen LogP contribution < -0.4 is 15.4 Å². The summed E-state index contributed by atoms with van der Waals surface area (Å²) < 4.78 is 5.10. The Kier molecular flexibility index (Phi) is 5.32. The minimum Gasteiger partial charge on any atom is -0.497 e. The molecule has 4 nitrogen and oxygen atoms in total. The fourth-order valence-electron chi connectivity index (χ4n) is 1.70. The number of hydrogen-bond donors (Lipinski definition) is 2. The summed E-state index contributed by atoms with van der Waals surface area (Å²) in [5.41, 5.74) is 1.98. The molecule has 2 rings (SSSR count). The van der Waals surface area contributed by atoms with Crippen molar-refractivity contribution in [2.24, 2.45) is 0 Å². The molecule has 1 heterocycles. The number of thiocarbonyl (C=S) groups is 1. The fraction of sp³-hybridized carbons (Fsp3) is 0.200. The second-order valence-corrected chi connectivity index (χ2v) is 4.59. The number of rotatable bonds is 5. The van der Waals surface area contributed by atoms with Crippen LogP contribution in [0.2, 0.25) is 0 Å². The monoisotopic (exact) mass is 287 g/mol. The molecular formula is C15H17N3OS. The Labute approximate surface area is 124 Å². The van der Waals surface area contributed by atoms with E-state index in [1.165, 1.54) is 0 Å². The largest absolute Gasteiger partial charge is 0.497 e. The van der Waals surface area contributed by atoms with Crippen LogP contribution in [0, 0.1) is 0 Å². The van der Waals surface area contributed by atoms with Gasteiger partial charge in [0.2, 0.25) is 0 Å². The molecule has 0 radical (unpaired) electrons. The van der Waals surface area contributed by atoms with Crippen molar-refractivity contribution in [2.75, 3.05) is 19.0 Å². The Hall–Kier alpha value is -2.14. The molecule has 0 aliphatic carbocycles. The summed E-state index contributed by atoms with van der Waals surface area (Å²) in [7, 11) is 1.65. The lowest BCUT2D eigenvalue weighted by Crippen LogP contribution is -2.30. The summed E-state index contributed by atoms with van der Waals surface area (Å²) in [5, 5.41) is 6.88. The highest BCUT2D eigenvalue weighted by Gasteiger charge is 1.99. The van der Waals surface area contributed by atoms with Crippen molar-refractivity contribution in [1.29, 1.82) is 0 Å². The molecule has 0 saturated carbocycles. The minimum absolute atomic E-state index is 0.603. The van der Waals surface area contributed by atoms with Crippen LogP contribution in [0.4, 0.5) is 5.69 Å². The Morgan fingerprint density at radius 3 is 2.65 bits per heavy atom. The molecule has 1 aromatic heterocycles. The first kappa shape index (κ1) is 14.3. The summed E-state index contributed by atoms with van der Waals surface area (Å²) in [6, 6.07) is 13.5. The summed E-state index contributed by atoms with van der Waals surface area (Å²) in [5.74, 6) is 0.824. The molecule has 0 aliphatic heterocycles. The maximum absolute atomic E-state index is 5.24. The first-order chi connectivity index (χ1) is 9.78. The van der Waals surface area contributed by atoms with Crippen molar-refractivity contribution in [3.8, 4) is 5.75 Å². The van der Waals surface area contributed by atoms with E-state index in [4.69, 9.17) is 17.0 Å². The molecule has 0 bridgehead atoms. The first-order valence-electron chi connectivity index (χ1n) is 6.37. The highest BCUT2D eigenvalue weighted by Crippen LogP contribution is 2.14. The van der Waals surface area contributed by atoms with Gasteiger partial charge in [0, 0.05) is 30.5 Å². The number of aromatic nitrogens is 1. The van der Waals surface area contributed by atoms with Gasteiger partial charge in [0.15, 0.2) is 5.11 Å². The highest BCUT2D eigenvalue weighted by molar-refractivity contribution is 7.80. The van der Waals surface area contributed by atoms with Crippen LogP contribution in [0.15, 0.2) is 48.7 Å². The lowest BCUT2D eigenvalue weighted by molar-refractivity contribution is 0.415. The molecule has 0 atom stereocenters. The van der Waals surface area contributed by atoms with Crippen molar-refractivity contribution in [1.82, 2.24) is 10.3 Å². The number of anilines is 1. The van der Waals surface area contributed by atoms with E-state index in [1.54, 1.807) is 13.3 Å². The predicted octanol–water partition coefficient (Wildman–Crippen LogP) is 2.62. The van der Waals surface area contributed by atoms with E-state index in [0.29, 0.717) is 5.11 Å². The minimum atomic E-state index is 0.603. The lowest BCUT2D eigenvalue weighted by atomic mass is 10.3. The molecule has 0 spiro atoms. The highest BCUT2D eigenvalue weighted by atomic mass is 32.1. The van der Waals surface area contributed by atoms with Crippen molar-refractivity contribution in [3.05, 3.63) is 54.4 Å². The van der Waals surface area contributed by atoms with Crippen LogP contribution >= 0.6 is 12.2 Å². The van der Waals surface area contributed by atoms with Gasteiger partial charge in [-0.15, -0.1) is 0 Å². The third-order valence-electron chi connectivity index (χ3n) is 2.74. The molecule has 0 fully saturated rings. The van der Waals surface area contributed by atoms with Crippen molar-refractivity contribution >= 4 is 23.0 Å². The van der Waals surface area contributed by atoms with E-state index in [9.17, 15) is 0 Å². The molecule has 0 amide bonds. The first-order valence-corrected chi connectivity index (χ1v) is 6.77. The number of pyridine rings is 1. The van der Waals surface area contributed by atoms with Crippen molar-refractivity contribution < 1.29 is 4.74 Å². The Bertz CT molecular complexity index is 543. The van der Waals surface area contributed by atoms with E-state index in [2.05, 4.69) is 15.6 Å². The molecule has 0 unspecified atom stereocenters. The van der Waals surface area contributed by atoms with E-state index in [-0.39, 0.29) is 0 Å². The van der Waals surface area contributed by atoms with Crippen LogP contribution in [-0.4, -0.2) is 23.8 Å². The molecule has 0 aliphatic rings. The predicted molar refractivity (Wildman–Crippen MR) is 85.2 cm³/mol. The van der Waals surface area contributed by atoms with Crippen LogP contribution in [-0.2, 0) is 6.42 Å². The van der Waals surface area contributed by atoms with Gasteiger partial charge in [-0.3, -0.25) is 4.98 Å². The van der Waals surface area contributed by atoms with Crippen LogP contribution in [0.1, 0.15) is 5.69 Å². The standard InChI is InChI=1S/C15H17N3OS/c1-19-14-7-5-13(6-8-14)18-15(20)17-11-9-12-4-2-3-10-16-12/h2-8,10H,9,11H2,1H3,(H2,17,18,20). The SMILES string of the molecule is COc1ccc(NC(=S)NCCc2ccccn2)cc1. The zero-order valence-corrected chi connectivity index (χ0v) is 12.1. The summed E-state index contributed by atoms with van der Waals surface area (Å²) in [4.78, 5) is 4.26. The Morgan fingerprint density at radius 2 is 2.00 bits per heavy atom. The van der Waals surface area contributed by atoms with Gasteiger partial charge in [0.25, 0.3) is 0 Å². The fourth-order valence-corrected chi connectivity index (χ4v) is 1.92. The van der Waals surface area contributed by atoms with E-state index in [0.717, 1.165) is 30.1 Å². The quantitative estimate of drug-likeness (QED) is 0.828. The molecule has 20 heavy (non-hydrogen) atoms. The maximum atomic E-state index is 5.24. The molecule has 1 aromatic carbocycles. The summed E-state index contributed by atoms with van der Waals surface area (Å²) in [6.45, 7) is 0.749. The maximum Gasteiger partial charge on any atom is 0.170 e. The molecular weight excluding hydrogens is 270 g/mol. The summed E-state index contributed by atoms with van der Waals surface area (Å²) in [6.07, 6.45) is 2.63. The van der Waals surface area contributed by atoms with Crippen molar-refractivity contribution in [3.63, 3.8) is 0 Å². The van der Waals surface area contributed by atoms with Gasteiger partial charge in [-0.05, 0) is 48.6 Å². The average Bonchev–Trinajstić information content (AvgIpc) is 2.49. The number of methoxy groups -OCH3 is 1. The lowest BCUT2D eigenvalue weighted by Gasteiger charge is -2.10. The van der Waals surface area contributed by atoms with E-state index < -0.39 is 0 Å². The molecule has 0 saturated heterocycles. The summed E-state index contributed by atoms with van der Waals surface area (Å²) >= 11 is 5.24. The van der Waals surface area contributed by atoms with Crippen LogP contribution in [0.5, 0.6) is 5.75 Å². The molecule has 5 heteroatoms. The van der Waals surface area contributed by atoms with Gasteiger partial charge in [-0.25, -0.2) is 0 Å². The second kappa shape index (κ2) is 7.45. The zero-order valence-electron chi connectivity index (χ0n) is 11.3. The van der Waals surface area contributed by atoms with Gasteiger partial charge in [0.05, 0.1) is 7.11 Å². The van der Waals surface area contributed by atoms with E-state index in [1.807, 2.05) is 42.5 Å². The van der Waals surface area contributed by atoms with Gasteiger partial charge in [-0.1, -0.05) is 6.07 Å². The number of hydrogen-bond acceptors (Lipinski definition) is 3. The average molecular weight is 287 g/mol. The number of nitrogens with one attached hydrogen (secondary N) is 2. The van der Waals surface area contributed by atoms with E-state index >= 15 is 0 Å². The number of benzene rings is 1. The van der Waals surface area contributed by atoms with Gasteiger partial charge < -0.3 is 15.4 Å². The number of nitrogens with zero attached hydrogens (tertiary/aromatic N) is 1. The van der Waals surface area contributed by atoms with Gasteiger partial charge >= 0.3 is 0 Å². The van der Waals surface area contributed by atoms with Gasteiger partial charge in [0.1, 0.15) is 5.75 Å². The molecule has 2 aromatic rings. The van der Waals surface area contributed by atoms with Gasteiger partial charge in [-0.2, -0.15) is 0 Å². The third-order valence-corrected chi connectivity index (χ3v) is 2.99. The molecule has 104 valence electrons. The Balaban J connectivity index is 1.74. The topological polar surface area (TPSA) is 46.2 Å². The smallest absolute Gasteiger partial charge is 0.170 e. The Morgan fingerprint density at radius 1 is 1.20 bits per heavy atom. The normalized spacial score (nSPS) is 9.85. The van der Waals surface area contributed by atoms with Crippen LogP contribution in [0.25, 0.3) is 0 Å². The molecule has 2 N–H and O–H groups in total. The second-order valence-electron chi connectivity index (χ2n) is 4.18. The number of ether oxygens (including phenoxy) is 1.